The zero-order valence-corrected chi connectivity index (χ0v) is 12.5. The van der Waals surface area contributed by atoms with E-state index in [1.54, 1.807) is 0 Å². The lowest BCUT2D eigenvalue weighted by Gasteiger charge is -2.25. The molecule has 0 aliphatic heterocycles. The van der Waals surface area contributed by atoms with E-state index >= 15 is 0 Å². The molecule has 0 amide bonds. The van der Waals surface area contributed by atoms with Crippen LogP contribution < -0.4 is 0 Å². The average Bonchev–Trinajstić information content (AvgIpc) is 2.39. The molecule has 2 rings (SSSR count). The molecular formula is C18H26O. The van der Waals surface area contributed by atoms with Crippen molar-refractivity contribution in [3.05, 3.63) is 35.4 Å². The second-order valence-corrected chi connectivity index (χ2v) is 6.51. The second kappa shape index (κ2) is 6.36. The van der Waals surface area contributed by atoms with Gasteiger partial charge in [0, 0.05) is 12.3 Å². The van der Waals surface area contributed by atoms with Gasteiger partial charge >= 0.3 is 0 Å². The third-order valence-corrected chi connectivity index (χ3v) is 4.42. The molecule has 2 unspecified atom stereocenters. The highest BCUT2D eigenvalue weighted by Gasteiger charge is 2.24. The molecule has 1 nitrogen and oxygen atoms in total. The predicted molar refractivity (Wildman–Crippen MR) is 80.4 cm³/mol. The summed E-state index contributed by atoms with van der Waals surface area (Å²) >= 11 is 0. The fourth-order valence-corrected chi connectivity index (χ4v) is 3.09. The summed E-state index contributed by atoms with van der Waals surface area (Å²) in [5, 5.41) is 0. The molecule has 0 aromatic heterocycles. The highest BCUT2D eigenvalue weighted by molar-refractivity contribution is 5.83. The van der Waals surface area contributed by atoms with E-state index in [0.29, 0.717) is 24.0 Å². The third-order valence-electron chi connectivity index (χ3n) is 4.42. The first-order chi connectivity index (χ1) is 9.06. The van der Waals surface area contributed by atoms with E-state index in [0.717, 1.165) is 18.8 Å². The van der Waals surface area contributed by atoms with E-state index in [1.807, 2.05) is 0 Å². The fourth-order valence-electron chi connectivity index (χ4n) is 3.09. The molecule has 1 aliphatic rings. The van der Waals surface area contributed by atoms with Gasteiger partial charge in [-0.2, -0.15) is 0 Å². The highest BCUT2D eigenvalue weighted by atomic mass is 16.1. The number of rotatable bonds is 4. The minimum atomic E-state index is 0.313. The lowest BCUT2D eigenvalue weighted by atomic mass is 9.79. The van der Waals surface area contributed by atoms with Crippen LogP contribution in [-0.4, -0.2) is 5.78 Å². The number of ketones is 1. The van der Waals surface area contributed by atoms with Crippen LogP contribution in [0.3, 0.4) is 0 Å². The molecule has 0 heterocycles. The topological polar surface area (TPSA) is 17.1 Å². The predicted octanol–water partition coefficient (Wildman–Crippen LogP) is 4.75. The van der Waals surface area contributed by atoms with Crippen molar-refractivity contribution < 1.29 is 4.79 Å². The first-order valence-electron chi connectivity index (χ1n) is 7.67. The lowest BCUT2D eigenvalue weighted by Crippen LogP contribution is -2.23. The average molecular weight is 258 g/mol. The van der Waals surface area contributed by atoms with Crippen molar-refractivity contribution in [2.24, 2.45) is 11.8 Å². The Morgan fingerprint density at radius 2 is 1.89 bits per heavy atom. The zero-order chi connectivity index (χ0) is 13.8. The van der Waals surface area contributed by atoms with Gasteiger partial charge < -0.3 is 0 Å². The number of benzene rings is 1. The molecule has 0 spiro atoms. The van der Waals surface area contributed by atoms with Crippen LogP contribution in [0.1, 0.15) is 63.5 Å². The molecule has 0 radical (unpaired) electrons. The monoisotopic (exact) mass is 258 g/mol. The molecule has 1 aromatic carbocycles. The van der Waals surface area contributed by atoms with Crippen LogP contribution >= 0.6 is 0 Å². The second-order valence-electron chi connectivity index (χ2n) is 6.51. The maximum atomic E-state index is 12.3. The van der Waals surface area contributed by atoms with Gasteiger partial charge in [-0.3, -0.25) is 4.79 Å². The lowest BCUT2D eigenvalue weighted by molar-refractivity contribution is -0.123. The zero-order valence-electron chi connectivity index (χ0n) is 12.5. The van der Waals surface area contributed by atoms with Gasteiger partial charge in [-0.05, 0) is 35.8 Å². The van der Waals surface area contributed by atoms with Crippen LogP contribution in [-0.2, 0) is 11.2 Å². The van der Waals surface area contributed by atoms with Gasteiger partial charge in [0.2, 0.25) is 0 Å². The van der Waals surface area contributed by atoms with Gasteiger partial charge in [0.05, 0.1) is 0 Å². The number of hydrogen-bond donors (Lipinski definition) is 0. The summed E-state index contributed by atoms with van der Waals surface area (Å²) in [6, 6.07) is 8.58. The van der Waals surface area contributed by atoms with Gasteiger partial charge in [-0.25, -0.2) is 0 Å². The number of carbonyl (C=O) groups is 1. The van der Waals surface area contributed by atoms with E-state index in [1.165, 1.54) is 24.0 Å². The van der Waals surface area contributed by atoms with Crippen LogP contribution in [0, 0.1) is 11.8 Å². The molecule has 1 aromatic rings. The largest absolute Gasteiger partial charge is 0.299 e. The van der Waals surface area contributed by atoms with E-state index in [2.05, 4.69) is 45.0 Å². The van der Waals surface area contributed by atoms with E-state index in [-0.39, 0.29) is 0 Å². The van der Waals surface area contributed by atoms with E-state index < -0.39 is 0 Å². The standard InChI is InChI=1S/C18H26O/c1-13(2)16-9-7-15(8-10-16)12-18(19)17-6-4-5-14(3)11-17/h7-10,13-14,17H,4-6,11-12H2,1-3H3. The third kappa shape index (κ3) is 3.92. The summed E-state index contributed by atoms with van der Waals surface area (Å²) in [5.41, 5.74) is 2.52. The van der Waals surface area contributed by atoms with Crippen molar-refractivity contribution in [1.29, 1.82) is 0 Å². The maximum absolute atomic E-state index is 12.3. The van der Waals surface area contributed by atoms with Crippen molar-refractivity contribution in [3.8, 4) is 0 Å². The molecule has 0 N–H and O–H groups in total. The van der Waals surface area contributed by atoms with Crippen LogP contribution in [0.4, 0.5) is 0 Å². The molecule has 1 aliphatic carbocycles. The van der Waals surface area contributed by atoms with Gasteiger partial charge in [0.25, 0.3) is 0 Å². The summed E-state index contributed by atoms with van der Waals surface area (Å²) in [6.07, 6.45) is 5.35. The Kier molecular flexibility index (Phi) is 4.79. The van der Waals surface area contributed by atoms with Crippen LogP contribution in [0.15, 0.2) is 24.3 Å². The molecule has 0 saturated heterocycles. The minimum Gasteiger partial charge on any atom is -0.299 e. The Morgan fingerprint density at radius 1 is 1.21 bits per heavy atom. The SMILES string of the molecule is CC1CCCC(C(=O)Cc2ccc(C(C)C)cc2)C1. The highest BCUT2D eigenvalue weighted by Crippen LogP contribution is 2.30. The van der Waals surface area contributed by atoms with Crippen LogP contribution in [0.5, 0.6) is 0 Å². The molecular weight excluding hydrogens is 232 g/mol. The van der Waals surface area contributed by atoms with Crippen molar-refractivity contribution >= 4 is 5.78 Å². The summed E-state index contributed by atoms with van der Waals surface area (Å²) < 4.78 is 0. The van der Waals surface area contributed by atoms with Gasteiger partial charge in [0.1, 0.15) is 5.78 Å². The maximum Gasteiger partial charge on any atom is 0.140 e. The minimum absolute atomic E-state index is 0.313. The molecule has 2 atom stereocenters. The molecule has 0 bridgehead atoms. The summed E-state index contributed by atoms with van der Waals surface area (Å²) in [7, 11) is 0. The molecule has 1 saturated carbocycles. The Hall–Kier alpha value is -1.11. The fraction of sp³-hybridized carbons (Fsp3) is 0.611. The van der Waals surface area contributed by atoms with Crippen molar-refractivity contribution in [3.63, 3.8) is 0 Å². The number of carbonyl (C=O) groups excluding carboxylic acids is 1. The first-order valence-corrected chi connectivity index (χ1v) is 7.67. The smallest absolute Gasteiger partial charge is 0.140 e. The molecule has 104 valence electrons. The summed E-state index contributed by atoms with van der Waals surface area (Å²) in [4.78, 5) is 12.3. The Labute approximate surface area is 117 Å². The Morgan fingerprint density at radius 3 is 2.47 bits per heavy atom. The van der Waals surface area contributed by atoms with Crippen molar-refractivity contribution in [2.75, 3.05) is 0 Å². The first kappa shape index (κ1) is 14.3. The number of Topliss-reactive ketones (excluding diaryl/α,β-unsaturated/α-hetero) is 1. The van der Waals surface area contributed by atoms with E-state index in [4.69, 9.17) is 0 Å². The van der Waals surface area contributed by atoms with Crippen LogP contribution in [0.25, 0.3) is 0 Å². The summed E-state index contributed by atoms with van der Waals surface area (Å²) in [6.45, 7) is 6.67. The van der Waals surface area contributed by atoms with Crippen molar-refractivity contribution in [1.82, 2.24) is 0 Å². The normalized spacial score (nSPS) is 23.6. The number of hydrogen-bond acceptors (Lipinski definition) is 1. The summed E-state index contributed by atoms with van der Waals surface area (Å²) in [5.74, 6) is 2.05. The van der Waals surface area contributed by atoms with Gasteiger partial charge in [0.15, 0.2) is 0 Å². The van der Waals surface area contributed by atoms with Gasteiger partial charge in [-0.1, -0.05) is 57.9 Å². The molecule has 1 fully saturated rings. The quantitative estimate of drug-likeness (QED) is 0.761. The van der Waals surface area contributed by atoms with E-state index in [9.17, 15) is 4.79 Å². The van der Waals surface area contributed by atoms with Crippen LogP contribution in [0.2, 0.25) is 0 Å². The van der Waals surface area contributed by atoms with Gasteiger partial charge in [-0.15, -0.1) is 0 Å². The van der Waals surface area contributed by atoms with Crippen molar-refractivity contribution in [2.45, 2.75) is 58.8 Å². The Balaban J connectivity index is 1.94. The Bertz CT molecular complexity index is 416. The molecule has 19 heavy (non-hydrogen) atoms. The molecule has 1 heteroatoms.